The first kappa shape index (κ1) is 15.9. The van der Waals surface area contributed by atoms with Crippen molar-refractivity contribution in [2.75, 3.05) is 5.75 Å². The molecule has 1 fully saturated rings. The second kappa shape index (κ2) is 8.09. The van der Waals surface area contributed by atoms with Crippen molar-refractivity contribution < 1.29 is 4.79 Å². The highest BCUT2D eigenvalue weighted by atomic mass is 32.2. The molecule has 0 aliphatic heterocycles. The lowest BCUT2D eigenvalue weighted by molar-refractivity contribution is -0.119. The number of aryl methyl sites for hydroxylation is 1. The summed E-state index contributed by atoms with van der Waals surface area (Å²) >= 11 is 1.51. The molecule has 1 aromatic carbocycles. The summed E-state index contributed by atoms with van der Waals surface area (Å²) in [4.78, 5) is 13.1. The first-order valence-corrected chi connectivity index (χ1v) is 8.56. The predicted molar refractivity (Wildman–Crippen MR) is 86.0 cm³/mol. The maximum Gasteiger partial charge on any atom is 0.231 e. The van der Waals surface area contributed by atoms with Gasteiger partial charge in [0, 0.05) is 4.90 Å². The van der Waals surface area contributed by atoms with E-state index in [0.717, 1.165) is 17.7 Å². The highest BCUT2D eigenvalue weighted by Gasteiger charge is 2.24. The fourth-order valence-electron chi connectivity index (χ4n) is 2.72. The molecule has 0 unspecified atom stereocenters. The number of nitriles is 1. The quantitative estimate of drug-likeness (QED) is 0.844. The Labute approximate surface area is 131 Å². The molecular formula is C17H22N2OS. The van der Waals surface area contributed by atoms with Gasteiger partial charge >= 0.3 is 0 Å². The lowest BCUT2D eigenvalue weighted by atomic mass is 9.84. The van der Waals surface area contributed by atoms with Crippen LogP contribution in [0.25, 0.3) is 0 Å². The first-order chi connectivity index (χ1) is 10.2. The Morgan fingerprint density at radius 3 is 2.62 bits per heavy atom. The van der Waals surface area contributed by atoms with E-state index in [1.54, 1.807) is 0 Å². The molecule has 21 heavy (non-hydrogen) atoms. The molecule has 1 aliphatic rings. The Bertz CT molecular complexity index is 501. The van der Waals surface area contributed by atoms with Gasteiger partial charge in [0.15, 0.2) is 0 Å². The lowest BCUT2D eigenvalue weighted by Crippen LogP contribution is -2.40. The monoisotopic (exact) mass is 302 g/mol. The minimum atomic E-state index is -0.323. The van der Waals surface area contributed by atoms with E-state index < -0.39 is 0 Å². The van der Waals surface area contributed by atoms with Gasteiger partial charge in [-0.15, -0.1) is 11.8 Å². The molecule has 1 amide bonds. The molecule has 0 saturated heterocycles. The number of nitrogens with one attached hydrogen (secondary N) is 1. The van der Waals surface area contributed by atoms with Crippen LogP contribution in [0.5, 0.6) is 0 Å². The topological polar surface area (TPSA) is 52.9 Å². The van der Waals surface area contributed by atoms with Crippen LogP contribution in [0.2, 0.25) is 0 Å². The van der Waals surface area contributed by atoms with Gasteiger partial charge in [-0.3, -0.25) is 4.79 Å². The van der Waals surface area contributed by atoms with Crippen molar-refractivity contribution in [3.05, 3.63) is 29.8 Å². The van der Waals surface area contributed by atoms with E-state index >= 15 is 0 Å². The lowest BCUT2D eigenvalue weighted by Gasteiger charge is -2.26. The normalized spacial score (nSPS) is 17.0. The van der Waals surface area contributed by atoms with E-state index in [1.165, 1.54) is 36.6 Å². The summed E-state index contributed by atoms with van der Waals surface area (Å²) in [6.07, 6.45) is 5.73. The standard InChI is InChI=1S/C17H22N2OS/c1-13-7-9-15(10-8-13)21-12-17(20)19-16(11-18)14-5-3-2-4-6-14/h7-10,14,16H,2-6,12H2,1H3,(H,19,20)/t16-/m0/s1. The molecule has 0 heterocycles. The number of carbonyl (C=O) groups excluding carboxylic acids is 1. The molecule has 1 N–H and O–H groups in total. The van der Waals surface area contributed by atoms with E-state index in [0.29, 0.717) is 11.7 Å². The fraction of sp³-hybridized carbons (Fsp3) is 0.529. The Morgan fingerprint density at radius 1 is 1.33 bits per heavy atom. The Morgan fingerprint density at radius 2 is 2.00 bits per heavy atom. The summed E-state index contributed by atoms with van der Waals surface area (Å²) in [6.45, 7) is 2.04. The van der Waals surface area contributed by atoms with E-state index in [-0.39, 0.29) is 11.9 Å². The van der Waals surface area contributed by atoms with Crippen LogP contribution in [0.4, 0.5) is 0 Å². The molecule has 0 bridgehead atoms. The maximum absolute atomic E-state index is 12.0. The molecule has 0 radical (unpaired) electrons. The van der Waals surface area contributed by atoms with E-state index in [2.05, 4.69) is 11.4 Å². The maximum atomic E-state index is 12.0. The van der Waals surface area contributed by atoms with E-state index in [4.69, 9.17) is 0 Å². The molecule has 4 heteroatoms. The van der Waals surface area contributed by atoms with Gasteiger partial charge in [-0.2, -0.15) is 5.26 Å². The van der Waals surface area contributed by atoms with Gasteiger partial charge in [0.2, 0.25) is 5.91 Å². The molecule has 0 aromatic heterocycles. The molecule has 0 spiro atoms. The van der Waals surface area contributed by atoms with Crippen molar-refractivity contribution in [2.24, 2.45) is 5.92 Å². The molecule has 1 atom stereocenters. The van der Waals surface area contributed by atoms with Crippen LogP contribution in [0.15, 0.2) is 29.2 Å². The Balaban J connectivity index is 1.79. The molecular weight excluding hydrogens is 280 g/mol. The van der Waals surface area contributed by atoms with Crippen LogP contribution in [-0.4, -0.2) is 17.7 Å². The minimum absolute atomic E-state index is 0.0438. The van der Waals surface area contributed by atoms with E-state index in [1.807, 2.05) is 31.2 Å². The minimum Gasteiger partial charge on any atom is -0.339 e. The number of nitrogens with zero attached hydrogens (tertiary/aromatic N) is 1. The van der Waals surface area contributed by atoms with Crippen LogP contribution in [-0.2, 0) is 4.79 Å². The van der Waals surface area contributed by atoms with Crippen molar-refractivity contribution in [3.63, 3.8) is 0 Å². The first-order valence-electron chi connectivity index (χ1n) is 7.57. The number of thioether (sulfide) groups is 1. The Kier molecular flexibility index (Phi) is 6.13. The summed E-state index contributed by atoms with van der Waals surface area (Å²) in [7, 11) is 0. The zero-order valence-corrected chi connectivity index (χ0v) is 13.3. The van der Waals surface area contributed by atoms with Crippen LogP contribution < -0.4 is 5.32 Å². The van der Waals surface area contributed by atoms with Crippen molar-refractivity contribution in [1.29, 1.82) is 5.26 Å². The SMILES string of the molecule is Cc1ccc(SCC(=O)N[C@@H](C#N)C2CCCCC2)cc1. The zero-order valence-electron chi connectivity index (χ0n) is 12.5. The molecule has 1 saturated carbocycles. The Hall–Kier alpha value is -1.47. The van der Waals surface area contributed by atoms with Crippen molar-refractivity contribution >= 4 is 17.7 Å². The number of rotatable bonds is 5. The number of benzene rings is 1. The zero-order chi connectivity index (χ0) is 15.1. The second-order valence-electron chi connectivity index (χ2n) is 5.67. The van der Waals surface area contributed by atoms with Crippen LogP contribution in [0, 0.1) is 24.2 Å². The highest BCUT2D eigenvalue weighted by molar-refractivity contribution is 8.00. The predicted octanol–water partition coefficient (Wildman–Crippen LogP) is 3.68. The molecule has 1 aromatic rings. The third-order valence-corrected chi connectivity index (χ3v) is 4.98. The van der Waals surface area contributed by atoms with Crippen molar-refractivity contribution in [2.45, 2.75) is 50.0 Å². The number of hydrogen-bond acceptors (Lipinski definition) is 3. The van der Waals surface area contributed by atoms with Gasteiger partial charge in [-0.25, -0.2) is 0 Å². The number of hydrogen-bond donors (Lipinski definition) is 1. The van der Waals surface area contributed by atoms with Gasteiger partial charge in [0.1, 0.15) is 6.04 Å². The third-order valence-electron chi connectivity index (χ3n) is 3.97. The number of amides is 1. The summed E-state index contributed by atoms with van der Waals surface area (Å²) in [5.41, 5.74) is 1.21. The summed E-state index contributed by atoms with van der Waals surface area (Å²) in [5.74, 6) is 0.656. The summed E-state index contributed by atoms with van der Waals surface area (Å²) in [5, 5.41) is 12.2. The van der Waals surface area contributed by atoms with Crippen molar-refractivity contribution in [1.82, 2.24) is 5.32 Å². The van der Waals surface area contributed by atoms with Crippen LogP contribution >= 0.6 is 11.8 Å². The van der Waals surface area contributed by atoms with Gasteiger partial charge in [-0.05, 0) is 37.8 Å². The van der Waals surface area contributed by atoms with Gasteiger partial charge in [-0.1, -0.05) is 37.0 Å². The van der Waals surface area contributed by atoms with Crippen LogP contribution in [0.3, 0.4) is 0 Å². The molecule has 1 aliphatic carbocycles. The smallest absolute Gasteiger partial charge is 0.231 e. The van der Waals surface area contributed by atoms with E-state index in [9.17, 15) is 10.1 Å². The molecule has 3 nitrogen and oxygen atoms in total. The summed E-state index contributed by atoms with van der Waals surface area (Å²) < 4.78 is 0. The van der Waals surface area contributed by atoms with Gasteiger partial charge in [0.05, 0.1) is 11.8 Å². The molecule has 2 rings (SSSR count). The van der Waals surface area contributed by atoms with Crippen LogP contribution in [0.1, 0.15) is 37.7 Å². The largest absolute Gasteiger partial charge is 0.339 e. The van der Waals surface area contributed by atoms with Crippen molar-refractivity contribution in [3.8, 4) is 6.07 Å². The molecule has 112 valence electrons. The average molecular weight is 302 g/mol. The number of carbonyl (C=O) groups is 1. The fourth-order valence-corrected chi connectivity index (χ4v) is 3.43. The second-order valence-corrected chi connectivity index (χ2v) is 6.72. The average Bonchev–Trinajstić information content (AvgIpc) is 2.53. The summed E-state index contributed by atoms with van der Waals surface area (Å²) in [6, 6.07) is 10.1. The third kappa shape index (κ3) is 5.09. The highest BCUT2D eigenvalue weighted by Crippen LogP contribution is 2.26. The van der Waals surface area contributed by atoms with Gasteiger partial charge < -0.3 is 5.32 Å². The van der Waals surface area contributed by atoms with Gasteiger partial charge in [0.25, 0.3) is 0 Å².